The zero-order valence-corrected chi connectivity index (χ0v) is 13.3. The van der Waals surface area contributed by atoms with Crippen LogP contribution in [0.5, 0.6) is 0 Å². The van der Waals surface area contributed by atoms with Crippen molar-refractivity contribution >= 4 is 33.3 Å². The number of thioether (sulfide) groups is 1. The van der Waals surface area contributed by atoms with Gasteiger partial charge in [0.2, 0.25) is 0 Å². The number of nitrogens with one attached hydrogen (secondary N) is 1. The molecule has 0 spiro atoms. The zero-order chi connectivity index (χ0) is 15.1. The van der Waals surface area contributed by atoms with Crippen molar-refractivity contribution in [3.63, 3.8) is 0 Å². The Morgan fingerprint density at radius 1 is 1.32 bits per heavy atom. The van der Waals surface area contributed by atoms with E-state index in [1.165, 1.54) is 28.3 Å². The molecule has 22 heavy (non-hydrogen) atoms. The van der Waals surface area contributed by atoms with Gasteiger partial charge in [0, 0.05) is 9.77 Å². The molecular formula is C16H13FN2OS2. The second-order valence-corrected chi connectivity index (χ2v) is 7.37. The SMILES string of the molecule is O=c1[nH]c(CSc2ccccc2F)nc2sc3c(c12)CCC3. The Hall–Kier alpha value is -1.66. The van der Waals surface area contributed by atoms with Gasteiger partial charge in [0.1, 0.15) is 16.5 Å². The summed E-state index contributed by atoms with van der Waals surface area (Å²) in [7, 11) is 0. The van der Waals surface area contributed by atoms with E-state index in [9.17, 15) is 9.18 Å². The summed E-state index contributed by atoms with van der Waals surface area (Å²) in [6.45, 7) is 0. The molecule has 0 radical (unpaired) electrons. The fourth-order valence-electron chi connectivity index (χ4n) is 2.82. The van der Waals surface area contributed by atoms with E-state index < -0.39 is 0 Å². The number of aromatic nitrogens is 2. The number of aromatic amines is 1. The Labute approximate surface area is 134 Å². The smallest absolute Gasteiger partial charge is 0.259 e. The van der Waals surface area contributed by atoms with Crippen molar-refractivity contribution in [1.29, 1.82) is 0 Å². The molecule has 0 saturated heterocycles. The lowest BCUT2D eigenvalue weighted by Gasteiger charge is -2.03. The average molecular weight is 332 g/mol. The molecule has 1 aliphatic rings. The monoisotopic (exact) mass is 332 g/mol. The van der Waals surface area contributed by atoms with Gasteiger partial charge < -0.3 is 4.98 Å². The lowest BCUT2D eigenvalue weighted by atomic mass is 10.2. The van der Waals surface area contributed by atoms with Crippen LogP contribution in [0.2, 0.25) is 0 Å². The number of halogens is 1. The summed E-state index contributed by atoms with van der Waals surface area (Å²) in [6.07, 6.45) is 3.15. The third-order valence-electron chi connectivity index (χ3n) is 3.83. The minimum atomic E-state index is -0.244. The highest BCUT2D eigenvalue weighted by Gasteiger charge is 2.21. The lowest BCUT2D eigenvalue weighted by Crippen LogP contribution is -2.11. The highest BCUT2D eigenvalue weighted by atomic mass is 32.2. The molecule has 2 aromatic heterocycles. The van der Waals surface area contributed by atoms with Crippen LogP contribution in [0.4, 0.5) is 4.39 Å². The molecule has 4 rings (SSSR count). The van der Waals surface area contributed by atoms with E-state index in [4.69, 9.17) is 0 Å². The Morgan fingerprint density at radius 2 is 2.18 bits per heavy atom. The van der Waals surface area contributed by atoms with Crippen LogP contribution < -0.4 is 5.56 Å². The Bertz CT molecular complexity index is 916. The van der Waals surface area contributed by atoms with Gasteiger partial charge in [-0.3, -0.25) is 4.79 Å². The molecule has 3 aromatic rings. The molecular weight excluding hydrogens is 319 g/mol. The van der Waals surface area contributed by atoms with E-state index in [-0.39, 0.29) is 11.4 Å². The molecule has 0 bridgehead atoms. The molecule has 6 heteroatoms. The normalized spacial score (nSPS) is 13.7. The van der Waals surface area contributed by atoms with Crippen molar-refractivity contribution in [2.45, 2.75) is 29.9 Å². The highest BCUT2D eigenvalue weighted by Crippen LogP contribution is 2.34. The summed E-state index contributed by atoms with van der Waals surface area (Å²) >= 11 is 2.97. The molecule has 3 nitrogen and oxygen atoms in total. The average Bonchev–Trinajstić information content (AvgIpc) is 3.06. The van der Waals surface area contributed by atoms with Crippen LogP contribution in [0, 0.1) is 5.82 Å². The van der Waals surface area contributed by atoms with Crippen molar-refractivity contribution in [3.05, 3.63) is 56.7 Å². The van der Waals surface area contributed by atoms with Crippen molar-refractivity contribution in [3.8, 4) is 0 Å². The number of nitrogens with zero attached hydrogens (tertiary/aromatic N) is 1. The van der Waals surface area contributed by atoms with E-state index in [0.717, 1.165) is 29.5 Å². The number of rotatable bonds is 3. The Balaban J connectivity index is 1.66. The molecule has 2 heterocycles. The molecule has 0 unspecified atom stereocenters. The van der Waals surface area contributed by atoms with Gasteiger partial charge in [-0.25, -0.2) is 9.37 Å². The van der Waals surface area contributed by atoms with Crippen LogP contribution in [-0.2, 0) is 18.6 Å². The van der Waals surface area contributed by atoms with Crippen LogP contribution in [0.1, 0.15) is 22.7 Å². The first-order chi connectivity index (χ1) is 10.7. The summed E-state index contributed by atoms with van der Waals surface area (Å²) in [5, 5.41) is 0.761. The number of benzene rings is 1. The highest BCUT2D eigenvalue weighted by molar-refractivity contribution is 7.98. The molecule has 112 valence electrons. The maximum absolute atomic E-state index is 13.6. The number of hydrogen-bond donors (Lipinski definition) is 1. The van der Waals surface area contributed by atoms with Gasteiger partial charge in [0.05, 0.1) is 11.1 Å². The van der Waals surface area contributed by atoms with E-state index in [1.807, 2.05) is 0 Å². The van der Waals surface area contributed by atoms with Crippen molar-refractivity contribution < 1.29 is 4.39 Å². The Kier molecular flexibility index (Phi) is 3.50. The third-order valence-corrected chi connectivity index (χ3v) is 6.07. The fourth-order valence-corrected chi connectivity index (χ4v) is 4.91. The quantitative estimate of drug-likeness (QED) is 0.740. The standard InChI is InChI=1S/C16H13FN2OS2/c17-10-5-1-2-6-12(10)21-8-13-18-15(20)14-9-4-3-7-11(9)22-16(14)19-13/h1-2,5-6H,3-4,7-8H2,(H,18,19,20). The van der Waals surface area contributed by atoms with Crippen molar-refractivity contribution in [2.75, 3.05) is 0 Å². The van der Waals surface area contributed by atoms with Crippen molar-refractivity contribution in [2.24, 2.45) is 0 Å². The maximum atomic E-state index is 13.6. The van der Waals surface area contributed by atoms with Crippen molar-refractivity contribution in [1.82, 2.24) is 9.97 Å². The molecule has 0 fully saturated rings. The van der Waals surface area contributed by atoms with E-state index >= 15 is 0 Å². The van der Waals surface area contributed by atoms with E-state index in [0.29, 0.717) is 16.5 Å². The molecule has 0 aliphatic heterocycles. The van der Waals surface area contributed by atoms with Gasteiger partial charge in [-0.05, 0) is 37.0 Å². The second-order valence-electron chi connectivity index (χ2n) is 5.27. The van der Waals surface area contributed by atoms with Crippen LogP contribution >= 0.6 is 23.1 Å². The molecule has 0 saturated carbocycles. The van der Waals surface area contributed by atoms with E-state index in [2.05, 4.69) is 9.97 Å². The first kappa shape index (κ1) is 14.0. The first-order valence-electron chi connectivity index (χ1n) is 7.13. The van der Waals surface area contributed by atoms with Gasteiger partial charge in [-0.2, -0.15) is 0 Å². The van der Waals surface area contributed by atoms with Crippen LogP contribution in [-0.4, -0.2) is 9.97 Å². The van der Waals surface area contributed by atoms with Gasteiger partial charge in [-0.1, -0.05) is 12.1 Å². The third kappa shape index (κ3) is 2.36. The van der Waals surface area contributed by atoms with E-state index in [1.54, 1.807) is 29.5 Å². The number of H-pyrrole nitrogens is 1. The molecule has 1 N–H and O–H groups in total. The number of aryl methyl sites for hydroxylation is 2. The fraction of sp³-hybridized carbons (Fsp3) is 0.250. The maximum Gasteiger partial charge on any atom is 0.259 e. The second kappa shape index (κ2) is 5.52. The Morgan fingerprint density at radius 3 is 3.05 bits per heavy atom. The minimum absolute atomic E-state index is 0.0615. The summed E-state index contributed by atoms with van der Waals surface area (Å²) in [6, 6.07) is 6.63. The molecule has 0 amide bonds. The topological polar surface area (TPSA) is 45.8 Å². The van der Waals surface area contributed by atoms with Crippen LogP contribution in [0.3, 0.4) is 0 Å². The summed E-state index contributed by atoms with van der Waals surface area (Å²) in [5.74, 6) is 0.811. The number of fused-ring (bicyclic) bond motifs is 3. The largest absolute Gasteiger partial charge is 0.309 e. The van der Waals surface area contributed by atoms with Gasteiger partial charge in [0.15, 0.2) is 0 Å². The number of thiophene rings is 1. The predicted octanol–water partition coefficient (Wildman–Crippen LogP) is 3.90. The molecule has 0 atom stereocenters. The summed E-state index contributed by atoms with van der Waals surface area (Å²) < 4.78 is 13.6. The summed E-state index contributed by atoms with van der Waals surface area (Å²) in [5.41, 5.74) is 1.12. The van der Waals surface area contributed by atoms with Crippen LogP contribution in [0.25, 0.3) is 10.2 Å². The van der Waals surface area contributed by atoms with Gasteiger partial charge >= 0.3 is 0 Å². The zero-order valence-electron chi connectivity index (χ0n) is 11.7. The number of hydrogen-bond acceptors (Lipinski definition) is 4. The van der Waals surface area contributed by atoms with Crippen LogP contribution in [0.15, 0.2) is 34.0 Å². The lowest BCUT2D eigenvalue weighted by molar-refractivity contribution is 0.602. The minimum Gasteiger partial charge on any atom is -0.309 e. The summed E-state index contributed by atoms with van der Waals surface area (Å²) in [4.78, 5) is 22.4. The first-order valence-corrected chi connectivity index (χ1v) is 8.93. The van der Waals surface area contributed by atoms with Gasteiger partial charge in [-0.15, -0.1) is 23.1 Å². The molecule has 1 aliphatic carbocycles. The predicted molar refractivity (Wildman–Crippen MR) is 88.2 cm³/mol. The molecule has 1 aromatic carbocycles. The van der Waals surface area contributed by atoms with Gasteiger partial charge in [0.25, 0.3) is 5.56 Å².